The molecule has 0 saturated heterocycles. The maximum absolute atomic E-state index is 12.4. The van der Waals surface area contributed by atoms with Gasteiger partial charge in [-0.05, 0) is 44.4 Å². The van der Waals surface area contributed by atoms with E-state index in [2.05, 4.69) is 5.32 Å². The second kappa shape index (κ2) is 5.05. The third kappa shape index (κ3) is 2.23. The van der Waals surface area contributed by atoms with Gasteiger partial charge in [-0.2, -0.15) is 0 Å². The van der Waals surface area contributed by atoms with E-state index in [-0.39, 0.29) is 17.9 Å². The van der Waals surface area contributed by atoms with Gasteiger partial charge in [0.15, 0.2) is 0 Å². The number of carboxylic acids is 1. The maximum atomic E-state index is 12.4. The summed E-state index contributed by atoms with van der Waals surface area (Å²) in [7, 11) is 0. The number of carbonyl (C=O) groups is 2. The Morgan fingerprint density at radius 3 is 2.25 bits per heavy atom. The Hall–Kier alpha value is -1.06. The van der Waals surface area contributed by atoms with Crippen molar-refractivity contribution in [3.8, 4) is 0 Å². The summed E-state index contributed by atoms with van der Waals surface area (Å²) < 4.78 is 0. The maximum Gasteiger partial charge on any atom is 0.311 e. The molecule has 0 radical (unpaired) electrons. The molecule has 4 nitrogen and oxygen atoms in total. The van der Waals surface area contributed by atoms with Gasteiger partial charge in [-0.3, -0.25) is 9.59 Å². The van der Waals surface area contributed by atoms with Crippen molar-refractivity contribution in [1.82, 2.24) is 5.32 Å². The number of hydrogen-bond donors (Lipinski definition) is 2. The monoisotopic (exact) mass is 279 g/mol. The molecule has 0 aromatic carbocycles. The van der Waals surface area contributed by atoms with Gasteiger partial charge in [0, 0.05) is 12.0 Å². The lowest BCUT2D eigenvalue weighted by atomic mass is 9.71. The van der Waals surface area contributed by atoms with Crippen LogP contribution in [0.2, 0.25) is 0 Å². The molecule has 0 aromatic heterocycles. The van der Waals surface area contributed by atoms with Crippen LogP contribution >= 0.6 is 0 Å². The summed E-state index contributed by atoms with van der Waals surface area (Å²) in [6.07, 6.45) is 8.31. The fourth-order valence-electron chi connectivity index (χ4n) is 4.47. The predicted molar refractivity (Wildman–Crippen MR) is 75.1 cm³/mol. The van der Waals surface area contributed by atoms with E-state index < -0.39 is 11.4 Å². The predicted octanol–water partition coefficient (Wildman–Crippen LogP) is 2.57. The van der Waals surface area contributed by atoms with E-state index in [1.54, 1.807) is 6.92 Å². The summed E-state index contributed by atoms with van der Waals surface area (Å²) >= 11 is 0. The molecule has 3 aliphatic rings. The number of aliphatic carboxylic acids is 1. The van der Waals surface area contributed by atoms with E-state index in [0.29, 0.717) is 18.3 Å². The van der Waals surface area contributed by atoms with Crippen molar-refractivity contribution >= 4 is 11.9 Å². The molecule has 0 spiro atoms. The molecule has 0 bridgehead atoms. The molecule has 4 heteroatoms. The Morgan fingerprint density at radius 2 is 1.65 bits per heavy atom. The first-order chi connectivity index (χ1) is 9.54. The second-order valence-corrected chi connectivity index (χ2v) is 7.17. The van der Waals surface area contributed by atoms with E-state index in [4.69, 9.17) is 0 Å². The standard InChI is InChI=1S/C16H25NO3/c1-16(15(19)20)9-5-4-8-12(16)17-14(18)13-10-6-2-3-7-11(10)13/h10-13H,2-9H2,1H3,(H,17,18)(H,19,20). The van der Waals surface area contributed by atoms with Crippen LogP contribution in [0.5, 0.6) is 0 Å². The van der Waals surface area contributed by atoms with Crippen LogP contribution in [-0.4, -0.2) is 23.0 Å². The summed E-state index contributed by atoms with van der Waals surface area (Å²) in [6.45, 7) is 1.79. The lowest BCUT2D eigenvalue weighted by Gasteiger charge is -2.38. The number of fused-ring (bicyclic) bond motifs is 1. The Bertz CT molecular complexity index is 410. The van der Waals surface area contributed by atoms with E-state index in [9.17, 15) is 14.7 Å². The number of nitrogens with one attached hydrogen (secondary N) is 1. The number of rotatable bonds is 3. The first kappa shape index (κ1) is 13.9. The SMILES string of the molecule is CC1(C(=O)O)CCCCC1NC(=O)C1C2CCCCC21. The molecule has 3 aliphatic carbocycles. The normalized spacial score (nSPS) is 43.5. The van der Waals surface area contributed by atoms with Gasteiger partial charge >= 0.3 is 5.97 Å². The summed E-state index contributed by atoms with van der Waals surface area (Å²) in [5, 5.41) is 12.6. The van der Waals surface area contributed by atoms with Gasteiger partial charge in [0.1, 0.15) is 0 Å². The van der Waals surface area contributed by atoms with Crippen LogP contribution in [0.4, 0.5) is 0 Å². The van der Waals surface area contributed by atoms with Gasteiger partial charge in [0.2, 0.25) is 5.91 Å². The van der Waals surface area contributed by atoms with Crippen molar-refractivity contribution in [2.24, 2.45) is 23.2 Å². The quantitative estimate of drug-likeness (QED) is 0.834. The number of amides is 1. The molecule has 0 aromatic rings. The lowest BCUT2D eigenvalue weighted by Crippen LogP contribution is -2.52. The van der Waals surface area contributed by atoms with Crippen LogP contribution in [0.3, 0.4) is 0 Å². The smallest absolute Gasteiger partial charge is 0.311 e. The summed E-state index contributed by atoms with van der Waals surface area (Å²) in [5.74, 6) is 0.710. The van der Waals surface area contributed by atoms with Gasteiger partial charge in [0.05, 0.1) is 5.41 Å². The van der Waals surface area contributed by atoms with Crippen LogP contribution in [-0.2, 0) is 9.59 Å². The van der Waals surface area contributed by atoms with Gasteiger partial charge in [-0.1, -0.05) is 25.7 Å². The summed E-state index contributed by atoms with van der Waals surface area (Å²) in [5.41, 5.74) is -0.784. The minimum absolute atomic E-state index is 0.126. The fraction of sp³-hybridized carbons (Fsp3) is 0.875. The largest absolute Gasteiger partial charge is 0.481 e. The van der Waals surface area contributed by atoms with E-state index in [1.165, 1.54) is 25.7 Å². The highest BCUT2D eigenvalue weighted by atomic mass is 16.4. The minimum Gasteiger partial charge on any atom is -0.481 e. The molecule has 0 heterocycles. The van der Waals surface area contributed by atoms with Crippen molar-refractivity contribution in [3.05, 3.63) is 0 Å². The van der Waals surface area contributed by atoms with Gasteiger partial charge < -0.3 is 10.4 Å². The van der Waals surface area contributed by atoms with Crippen LogP contribution in [0.15, 0.2) is 0 Å². The molecular formula is C16H25NO3. The second-order valence-electron chi connectivity index (χ2n) is 7.17. The molecule has 0 aliphatic heterocycles. The van der Waals surface area contributed by atoms with E-state index in [0.717, 1.165) is 19.3 Å². The van der Waals surface area contributed by atoms with Crippen LogP contribution in [0.25, 0.3) is 0 Å². The Morgan fingerprint density at radius 1 is 1.05 bits per heavy atom. The zero-order valence-corrected chi connectivity index (χ0v) is 12.2. The summed E-state index contributed by atoms with van der Waals surface area (Å²) in [6, 6.07) is -0.191. The van der Waals surface area contributed by atoms with Crippen molar-refractivity contribution in [3.63, 3.8) is 0 Å². The zero-order chi connectivity index (χ0) is 14.3. The van der Waals surface area contributed by atoms with Crippen molar-refractivity contribution in [2.75, 3.05) is 0 Å². The van der Waals surface area contributed by atoms with Crippen molar-refractivity contribution < 1.29 is 14.7 Å². The highest BCUT2D eigenvalue weighted by Crippen LogP contribution is 2.55. The fourth-order valence-corrected chi connectivity index (χ4v) is 4.47. The minimum atomic E-state index is -0.784. The van der Waals surface area contributed by atoms with Gasteiger partial charge in [0.25, 0.3) is 0 Å². The first-order valence-electron chi connectivity index (χ1n) is 8.08. The number of carboxylic acid groups (broad SMARTS) is 1. The molecule has 4 unspecified atom stereocenters. The topological polar surface area (TPSA) is 66.4 Å². The van der Waals surface area contributed by atoms with Crippen LogP contribution in [0.1, 0.15) is 58.3 Å². The van der Waals surface area contributed by atoms with Crippen molar-refractivity contribution in [1.29, 1.82) is 0 Å². The van der Waals surface area contributed by atoms with Crippen LogP contribution in [0, 0.1) is 23.2 Å². The van der Waals surface area contributed by atoms with Crippen molar-refractivity contribution in [2.45, 2.75) is 64.3 Å². The van der Waals surface area contributed by atoms with Gasteiger partial charge in [-0.15, -0.1) is 0 Å². The molecule has 2 N–H and O–H groups in total. The molecule has 4 atom stereocenters. The first-order valence-corrected chi connectivity index (χ1v) is 8.08. The third-order valence-corrected chi connectivity index (χ3v) is 5.97. The molecule has 1 amide bonds. The molecule has 112 valence electrons. The Labute approximate surface area is 120 Å². The highest BCUT2D eigenvalue weighted by molar-refractivity contribution is 5.84. The summed E-state index contributed by atoms with van der Waals surface area (Å²) in [4.78, 5) is 24.0. The molecule has 3 saturated carbocycles. The lowest BCUT2D eigenvalue weighted by molar-refractivity contribution is -0.152. The highest BCUT2D eigenvalue weighted by Gasteiger charge is 2.55. The average Bonchev–Trinajstić information content (AvgIpc) is 3.15. The molecule has 3 fully saturated rings. The number of carbonyl (C=O) groups excluding carboxylic acids is 1. The number of hydrogen-bond acceptors (Lipinski definition) is 2. The zero-order valence-electron chi connectivity index (χ0n) is 12.2. The molecular weight excluding hydrogens is 254 g/mol. The third-order valence-electron chi connectivity index (χ3n) is 5.97. The average molecular weight is 279 g/mol. The van der Waals surface area contributed by atoms with E-state index in [1.807, 2.05) is 0 Å². The van der Waals surface area contributed by atoms with E-state index >= 15 is 0 Å². The molecule has 20 heavy (non-hydrogen) atoms. The van der Waals surface area contributed by atoms with Crippen LogP contribution < -0.4 is 5.32 Å². The van der Waals surface area contributed by atoms with Gasteiger partial charge in [-0.25, -0.2) is 0 Å². The molecule has 3 rings (SSSR count). The Balaban J connectivity index is 1.64. The Kier molecular flexibility index (Phi) is 3.51.